The molecule has 4 nitrogen and oxygen atoms in total. The highest BCUT2D eigenvalue weighted by molar-refractivity contribution is 4.93. The SMILES string of the molecule is C=C1N(C)NC=CNN1C. The fraction of sp³-hybridized carbons (Fsp3) is 0.333. The van der Waals surface area contributed by atoms with Crippen molar-refractivity contribution in [2.45, 2.75) is 0 Å². The Bertz CT molecular complexity index is 147. The quantitative estimate of drug-likeness (QED) is 0.488. The van der Waals surface area contributed by atoms with E-state index in [1.807, 2.05) is 24.1 Å². The fourth-order valence-electron chi connectivity index (χ4n) is 0.672. The molecule has 4 heteroatoms. The van der Waals surface area contributed by atoms with E-state index in [1.54, 1.807) is 12.4 Å². The number of hydrogen-bond acceptors (Lipinski definition) is 4. The first kappa shape index (κ1) is 6.80. The minimum atomic E-state index is 0.866. The third kappa shape index (κ3) is 1.15. The maximum absolute atomic E-state index is 3.82. The number of hydrazine groups is 2. The number of hydrogen-bond donors (Lipinski definition) is 2. The average Bonchev–Trinajstić information content (AvgIpc) is 2.04. The second kappa shape index (κ2) is 2.51. The summed E-state index contributed by atoms with van der Waals surface area (Å²) in [6.07, 6.45) is 3.60. The minimum absolute atomic E-state index is 0.866. The molecule has 56 valence electrons. The fourth-order valence-corrected chi connectivity index (χ4v) is 0.672. The summed E-state index contributed by atoms with van der Waals surface area (Å²) in [7, 11) is 3.80. The van der Waals surface area contributed by atoms with Crippen molar-refractivity contribution in [1.29, 1.82) is 0 Å². The lowest BCUT2D eigenvalue weighted by atomic mass is 10.7. The van der Waals surface area contributed by atoms with Crippen LogP contribution in [0.25, 0.3) is 0 Å². The van der Waals surface area contributed by atoms with E-state index in [0.717, 1.165) is 5.82 Å². The maximum atomic E-state index is 3.82. The predicted molar refractivity (Wildman–Crippen MR) is 40.1 cm³/mol. The molecule has 1 rings (SSSR count). The molecule has 1 heterocycles. The van der Waals surface area contributed by atoms with Crippen LogP contribution in [-0.4, -0.2) is 24.1 Å². The smallest absolute Gasteiger partial charge is 0.134 e. The van der Waals surface area contributed by atoms with Crippen molar-refractivity contribution < 1.29 is 0 Å². The molecule has 0 aliphatic carbocycles. The van der Waals surface area contributed by atoms with Crippen LogP contribution in [0.3, 0.4) is 0 Å². The van der Waals surface area contributed by atoms with Gasteiger partial charge in [0.15, 0.2) is 0 Å². The van der Waals surface area contributed by atoms with Crippen LogP contribution in [-0.2, 0) is 0 Å². The van der Waals surface area contributed by atoms with Crippen LogP contribution in [0.4, 0.5) is 0 Å². The zero-order valence-electron chi connectivity index (χ0n) is 6.26. The van der Waals surface area contributed by atoms with E-state index >= 15 is 0 Å². The van der Waals surface area contributed by atoms with Gasteiger partial charge >= 0.3 is 0 Å². The van der Waals surface area contributed by atoms with Crippen LogP contribution in [0.5, 0.6) is 0 Å². The second-order valence-electron chi connectivity index (χ2n) is 2.13. The molecule has 0 radical (unpaired) electrons. The van der Waals surface area contributed by atoms with Gasteiger partial charge in [-0.15, -0.1) is 0 Å². The lowest BCUT2D eigenvalue weighted by molar-refractivity contribution is 0.221. The summed E-state index contributed by atoms with van der Waals surface area (Å²) in [5, 5.41) is 3.63. The van der Waals surface area contributed by atoms with E-state index in [2.05, 4.69) is 17.4 Å². The van der Waals surface area contributed by atoms with Crippen LogP contribution < -0.4 is 10.9 Å². The third-order valence-corrected chi connectivity index (χ3v) is 1.39. The van der Waals surface area contributed by atoms with Gasteiger partial charge in [-0.2, -0.15) is 0 Å². The Morgan fingerprint density at radius 1 is 1.20 bits per heavy atom. The van der Waals surface area contributed by atoms with Gasteiger partial charge in [0.2, 0.25) is 0 Å². The van der Waals surface area contributed by atoms with Crippen molar-refractivity contribution in [2.24, 2.45) is 0 Å². The Balaban J connectivity index is 2.65. The van der Waals surface area contributed by atoms with E-state index in [0.29, 0.717) is 0 Å². The highest BCUT2D eigenvalue weighted by Crippen LogP contribution is 1.99. The Morgan fingerprint density at radius 2 is 1.60 bits per heavy atom. The molecule has 0 saturated carbocycles. The Morgan fingerprint density at radius 3 is 2.00 bits per heavy atom. The minimum Gasteiger partial charge on any atom is -0.303 e. The third-order valence-electron chi connectivity index (χ3n) is 1.39. The molecule has 1 aliphatic heterocycles. The van der Waals surface area contributed by atoms with Gasteiger partial charge in [0.1, 0.15) is 5.82 Å². The topological polar surface area (TPSA) is 30.5 Å². The molecule has 10 heavy (non-hydrogen) atoms. The summed E-state index contributed by atoms with van der Waals surface area (Å²) in [5.74, 6) is 0.866. The van der Waals surface area contributed by atoms with Crippen molar-refractivity contribution in [3.05, 3.63) is 24.8 Å². The summed E-state index contributed by atoms with van der Waals surface area (Å²) < 4.78 is 0. The van der Waals surface area contributed by atoms with Gasteiger partial charge in [-0.1, -0.05) is 6.58 Å². The van der Waals surface area contributed by atoms with Crippen molar-refractivity contribution in [2.75, 3.05) is 14.1 Å². The first-order valence-electron chi connectivity index (χ1n) is 3.05. The van der Waals surface area contributed by atoms with Gasteiger partial charge < -0.3 is 10.9 Å². The highest BCUT2D eigenvalue weighted by Gasteiger charge is 2.05. The molecule has 0 saturated heterocycles. The second-order valence-corrected chi connectivity index (χ2v) is 2.13. The van der Waals surface area contributed by atoms with E-state index in [4.69, 9.17) is 0 Å². The molecule has 0 unspecified atom stereocenters. The molecule has 0 fully saturated rings. The van der Waals surface area contributed by atoms with Crippen molar-refractivity contribution in [1.82, 2.24) is 20.9 Å². The Hall–Kier alpha value is -1.32. The molecular weight excluding hydrogens is 128 g/mol. The average molecular weight is 140 g/mol. The molecule has 0 aromatic carbocycles. The Labute approximate surface area is 60.7 Å². The first-order chi connectivity index (χ1) is 4.72. The Kier molecular flexibility index (Phi) is 1.71. The largest absolute Gasteiger partial charge is 0.303 e. The predicted octanol–water partition coefficient (Wildman–Crippen LogP) is -0.185. The van der Waals surface area contributed by atoms with Crippen molar-refractivity contribution >= 4 is 0 Å². The standard InChI is InChI=1S/C6H12N4/c1-6-9(2)7-4-5-8-10(6)3/h4-5,7-8H,1H2,2-3H3. The van der Waals surface area contributed by atoms with Gasteiger partial charge in [0.25, 0.3) is 0 Å². The summed E-state index contributed by atoms with van der Waals surface area (Å²) >= 11 is 0. The van der Waals surface area contributed by atoms with E-state index in [9.17, 15) is 0 Å². The number of nitrogens with zero attached hydrogens (tertiary/aromatic N) is 2. The molecule has 0 amide bonds. The summed E-state index contributed by atoms with van der Waals surface area (Å²) in [6, 6.07) is 0. The van der Waals surface area contributed by atoms with Crippen LogP contribution in [0.2, 0.25) is 0 Å². The summed E-state index contributed by atoms with van der Waals surface area (Å²) in [5.41, 5.74) is 5.95. The van der Waals surface area contributed by atoms with Gasteiger partial charge in [0, 0.05) is 26.5 Å². The molecule has 0 bridgehead atoms. The lowest BCUT2D eigenvalue weighted by Crippen LogP contribution is -2.37. The number of nitrogens with one attached hydrogen (secondary N) is 2. The van der Waals surface area contributed by atoms with Gasteiger partial charge in [-0.3, -0.25) is 10.0 Å². The molecule has 0 spiro atoms. The normalized spacial score (nSPS) is 18.0. The zero-order valence-corrected chi connectivity index (χ0v) is 6.26. The zero-order chi connectivity index (χ0) is 7.56. The van der Waals surface area contributed by atoms with Crippen LogP contribution in [0.15, 0.2) is 24.8 Å². The molecule has 0 aromatic rings. The summed E-state index contributed by atoms with van der Waals surface area (Å²) in [6.45, 7) is 3.82. The molecular formula is C6H12N4. The van der Waals surface area contributed by atoms with Gasteiger partial charge in [-0.25, -0.2) is 0 Å². The van der Waals surface area contributed by atoms with Crippen LogP contribution in [0.1, 0.15) is 0 Å². The van der Waals surface area contributed by atoms with Crippen LogP contribution >= 0.6 is 0 Å². The van der Waals surface area contributed by atoms with E-state index < -0.39 is 0 Å². The maximum Gasteiger partial charge on any atom is 0.134 e. The first-order valence-corrected chi connectivity index (χ1v) is 3.05. The molecule has 2 N–H and O–H groups in total. The van der Waals surface area contributed by atoms with E-state index in [1.165, 1.54) is 0 Å². The van der Waals surface area contributed by atoms with Crippen molar-refractivity contribution in [3.8, 4) is 0 Å². The molecule has 0 atom stereocenters. The lowest BCUT2D eigenvalue weighted by Gasteiger charge is -2.25. The molecule has 0 aromatic heterocycles. The van der Waals surface area contributed by atoms with E-state index in [-0.39, 0.29) is 0 Å². The van der Waals surface area contributed by atoms with Gasteiger partial charge in [0.05, 0.1) is 0 Å². The van der Waals surface area contributed by atoms with Gasteiger partial charge in [-0.05, 0) is 0 Å². The monoisotopic (exact) mass is 140 g/mol. The van der Waals surface area contributed by atoms with Crippen molar-refractivity contribution in [3.63, 3.8) is 0 Å². The number of rotatable bonds is 0. The van der Waals surface area contributed by atoms with Crippen LogP contribution in [0, 0.1) is 0 Å². The summed E-state index contributed by atoms with van der Waals surface area (Å²) in [4.78, 5) is 0. The molecule has 1 aliphatic rings. The highest BCUT2D eigenvalue weighted by atomic mass is 15.6.